The van der Waals surface area contributed by atoms with Gasteiger partial charge in [-0.25, -0.2) is 0 Å². The monoisotopic (exact) mass is 404 g/mol. The van der Waals surface area contributed by atoms with Gasteiger partial charge in [-0.3, -0.25) is 4.79 Å². The van der Waals surface area contributed by atoms with Crippen LogP contribution in [0.5, 0.6) is 17.2 Å². The molecule has 2 N–H and O–H groups in total. The number of nitrogens with one attached hydrogen (secondary N) is 2. The van der Waals surface area contributed by atoms with E-state index in [2.05, 4.69) is 10.6 Å². The fraction of sp³-hybridized carbons (Fsp3) is 0.381. The number of halogens is 1. The molecule has 150 valence electrons. The van der Waals surface area contributed by atoms with Crippen molar-refractivity contribution in [3.05, 3.63) is 40.9 Å². The molecule has 0 bridgehead atoms. The quantitative estimate of drug-likeness (QED) is 0.710. The summed E-state index contributed by atoms with van der Waals surface area (Å²) in [5.74, 6) is 1.85. The van der Waals surface area contributed by atoms with Crippen LogP contribution in [0.2, 0.25) is 5.02 Å². The zero-order chi connectivity index (χ0) is 20.3. The van der Waals surface area contributed by atoms with Gasteiger partial charge < -0.3 is 24.8 Å². The SMILES string of the molecule is CCOc1cc2c(cc1N[C@@H](C)C(=O)Nc1cc(Cl)ccc1OC)O[C@H](C)C2. The summed E-state index contributed by atoms with van der Waals surface area (Å²) in [6.45, 7) is 6.27. The number of fused-ring (bicyclic) bond motifs is 1. The van der Waals surface area contributed by atoms with E-state index in [0.29, 0.717) is 28.8 Å². The lowest BCUT2D eigenvalue weighted by Crippen LogP contribution is -2.32. The van der Waals surface area contributed by atoms with Gasteiger partial charge in [-0.05, 0) is 45.0 Å². The van der Waals surface area contributed by atoms with Gasteiger partial charge in [0.1, 0.15) is 29.4 Å². The van der Waals surface area contributed by atoms with Crippen LogP contribution in [0, 0.1) is 0 Å². The van der Waals surface area contributed by atoms with Gasteiger partial charge in [0.25, 0.3) is 0 Å². The number of benzene rings is 2. The minimum Gasteiger partial charge on any atom is -0.495 e. The zero-order valence-corrected chi connectivity index (χ0v) is 17.2. The molecule has 0 fully saturated rings. The highest BCUT2D eigenvalue weighted by Crippen LogP contribution is 2.38. The Kier molecular flexibility index (Phi) is 6.19. The standard InChI is InChI=1S/C21H25ClN2O4/c1-5-27-20-9-14-8-12(2)28-19(14)11-17(20)23-13(3)21(25)24-16-10-15(22)6-7-18(16)26-4/h6-7,9-13,23H,5,8H2,1-4H3,(H,24,25)/t12-,13+/m1/s1. The summed E-state index contributed by atoms with van der Waals surface area (Å²) < 4.78 is 16.9. The molecule has 0 spiro atoms. The van der Waals surface area contributed by atoms with E-state index in [9.17, 15) is 4.79 Å². The lowest BCUT2D eigenvalue weighted by Gasteiger charge is -2.19. The number of rotatable bonds is 7. The van der Waals surface area contributed by atoms with E-state index in [4.69, 9.17) is 25.8 Å². The van der Waals surface area contributed by atoms with E-state index >= 15 is 0 Å². The minimum atomic E-state index is -0.528. The van der Waals surface area contributed by atoms with E-state index < -0.39 is 6.04 Å². The number of hydrogen-bond donors (Lipinski definition) is 2. The molecule has 0 unspecified atom stereocenters. The third kappa shape index (κ3) is 4.44. The summed E-state index contributed by atoms with van der Waals surface area (Å²) >= 11 is 6.04. The van der Waals surface area contributed by atoms with Crippen LogP contribution >= 0.6 is 11.6 Å². The Bertz CT molecular complexity index is 872. The molecule has 2 atom stereocenters. The van der Waals surface area contributed by atoms with Crippen molar-refractivity contribution in [3.8, 4) is 17.2 Å². The number of carbonyl (C=O) groups is 1. The Labute approximate surface area is 170 Å². The molecule has 0 saturated carbocycles. The largest absolute Gasteiger partial charge is 0.495 e. The predicted molar refractivity (Wildman–Crippen MR) is 111 cm³/mol. The van der Waals surface area contributed by atoms with E-state index in [-0.39, 0.29) is 12.0 Å². The Morgan fingerprint density at radius 1 is 1.29 bits per heavy atom. The van der Waals surface area contributed by atoms with Crippen LogP contribution in [0.25, 0.3) is 0 Å². The molecule has 7 heteroatoms. The Hall–Kier alpha value is -2.60. The number of methoxy groups -OCH3 is 1. The van der Waals surface area contributed by atoms with Crippen molar-refractivity contribution in [3.63, 3.8) is 0 Å². The first kappa shape index (κ1) is 20.1. The molecule has 28 heavy (non-hydrogen) atoms. The van der Waals surface area contributed by atoms with Crippen molar-refractivity contribution >= 4 is 28.9 Å². The van der Waals surface area contributed by atoms with Crippen LogP contribution < -0.4 is 24.8 Å². The van der Waals surface area contributed by atoms with Crippen LogP contribution in [0.4, 0.5) is 11.4 Å². The second-order valence-electron chi connectivity index (χ2n) is 6.72. The maximum Gasteiger partial charge on any atom is 0.246 e. The van der Waals surface area contributed by atoms with Crippen LogP contribution in [-0.4, -0.2) is 31.8 Å². The average molecular weight is 405 g/mol. The molecule has 3 rings (SSSR count). The van der Waals surface area contributed by atoms with Gasteiger partial charge in [-0.15, -0.1) is 0 Å². The summed E-state index contributed by atoms with van der Waals surface area (Å²) in [4.78, 5) is 12.7. The van der Waals surface area contributed by atoms with E-state index in [0.717, 1.165) is 23.4 Å². The summed E-state index contributed by atoms with van der Waals surface area (Å²) in [5.41, 5.74) is 2.35. The van der Waals surface area contributed by atoms with Gasteiger partial charge in [0.05, 0.1) is 25.1 Å². The van der Waals surface area contributed by atoms with Crippen molar-refractivity contribution in [1.29, 1.82) is 0 Å². The molecule has 0 radical (unpaired) electrons. The molecule has 6 nitrogen and oxygen atoms in total. The second kappa shape index (κ2) is 8.61. The number of ether oxygens (including phenoxy) is 3. The maximum absolute atomic E-state index is 12.7. The lowest BCUT2D eigenvalue weighted by atomic mass is 10.1. The van der Waals surface area contributed by atoms with E-state index in [1.165, 1.54) is 0 Å². The van der Waals surface area contributed by atoms with Crippen LogP contribution in [0.1, 0.15) is 26.3 Å². The molecular formula is C21H25ClN2O4. The number of amides is 1. The smallest absolute Gasteiger partial charge is 0.246 e. The van der Waals surface area contributed by atoms with Gasteiger partial charge >= 0.3 is 0 Å². The molecule has 0 aromatic heterocycles. The van der Waals surface area contributed by atoms with Gasteiger partial charge in [0.15, 0.2) is 0 Å². The first-order valence-corrected chi connectivity index (χ1v) is 9.66. The minimum absolute atomic E-state index is 0.135. The highest BCUT2D eigenvalue weighted by Gasteiger charge is 2.23. The molecule has 0 aliphatic carbocycles. The van der Waals surface area contributed by atoms with Gasteiger partial charge in [0, 0.05) is 23.1 Å². The van der Waals surface area contributed by atoms with Crippen molar-refractivity contribution in [1.82, 2.24) is 0 Å². The molecule has 1 aliphatic heterocycles. The Morgan fingerprint density at radius 2 is 2.07 bits per heavy atom. The summed E-state index contributed by atoms with van der Waals surface area (Å²) in [7, 11) is 1.54. The molecule has 1 amide bonds. The summed E-state index contributed by atoms with van der Waals surface area (Å²) in [5, 5.41) is 6.59. The van der Waals surface area contributed by atoms with Gasteiger partial charge in [-0.2, -0.15) is 0 Å². The van der Waals surface area contributed by atoms with Crippen molar-refractivity contribution in [2.45, 2.75) is 39.3 Å². The first-order valence-electron chi connectivity index (χ1n) is 9.28. The highest BCUT2D eigenvalue weighted by molar-refractivity contribution is 6.31. The lowest BCUT2D eigenvalue weighted by molar-refractivity contribution is -0.116. The second-order valence-corrected chi connectivity index (χ2v) is 7.16. The fourth-order valence-corrected chi connectivity index (χ4v) is 3.32. The average Bonchev–Trinajstić information content (AvgIpc) is 3.01. The normalized spacial score (nSPS) is 16.0. The fourth-order valence-electron chi connectivity index (χ4n) is 3.14. The Balaban J connectivity index is 1.77. The number of anilines is 2. The van der Waals surface area contributed by atoms with Crippen molar-refractivity contribution < 1.29 is 19.0 Å². The first-order chi connectivity index (χ1) is 13.4. The molecule has 0 saturated heterocycles. The highest BCUT2D eigenvalue weighted by atomic mass is 35.5. The van der Waals surface area contributed by atoms with E-state index in [1.54, 1.807) is 32.2 Å². The van der Waals surface area contributed by atoms with Crippen LogP contribution in [0.3, 0.4) is 0 Å². The van der Waals surface area contributed by atoms with Crippen molar-refractivity contribution in [2.75, 3.05) is 24.4 Å². The molecule has 1 aliphatic rings. The number of carbonyl (C=O) groups excluding carboxylic acids is 1. The van der Waals surface area contributed by atoms with Gasteiger partial charge in [0.2, 0.25) is 5.91 Å². The third-order valence-corrected chi connectivity index (χ3v) is 4.72. The van der Waals surface area contributed by atoms with Crippen molar-refractivity contribution in [2.24, 2.45) is 0 Å². The topological polar surface area (TPSA) is 68.8 Å². The van der Waals surface area contributed by atoms with E-state index in [1.807, 2.05) is 26.0 Å². The summed E-state index contributed by atoms with van der Waals surface area (Å²) in [6, 6.07) is 8.42. The van der Waals surface area contributed by atoms with Gasteiger partial charge in [-0.1, -0.05) is 11.6 Å². The zero-order valence-electron chi connectivity index (χ0n) is 16.5. The Morgan fingerprint density at radius 3 is 2.79 bits per heavy atom. The molecular weight excluding hydrogens is 380 g/mol. The molecule has 2 aromatic rings. The maximum atomic E-state index is 12.7. The van der Waals surface area contributed by atoms with Crippen LogP contribution in [-0.2, 0) is 11.2 Å². The number of hydrogen-bond acceptors (Lipinski definition) is 5. The third-order valence-electron chi connectivity index (χ3n) is 4.48. The summed E-state index contributed by atoms with van der Waals surface area (Å²) in [6.07, 6.45) is 0.982. The molecule has 1 heterocycles. The van der Waals surface area contributed by atoms with Crippen LogP contribution in [0.15, 0.2) is 30.3 Å². The predicted octanol–water partition coefficient (Wildman–Crippen LogP) is 4.51. The molecule has 2 aromatic carbocycles.